The fourth-order valence-corrected chi connectivity index (χ4v) is 2.52. The van der Waals surface area contributed by atoms with Crippen LogP contribution in [-0.4, -0.2) is 19.7 Å². The van der Waals surface area contributed by atoms with E-state index >= 15 is 0 Å². The van der Waals surface area contributed by atoms with E-state index in [4.69, 9.17) is 9.47 Å². The summed E-state index contributed by atoms with van der Waals surface area (Å²) in [6, 6.07) is 4.22. The maximum absolute atomic E-state index is 11.0. The average molecular weight is 304 g/mol. The van der Waals surface area contributed by atoms with Gasteiger partial charge in [0.25, 0.3) is 0 Å². The molecule has 0 atom stereocenters. The van der Waals surface area contributed by atoms with Crippen molar-refractivity contribution < 1.29 is 14.3 Å². The third-order valence-corrected chi connectivity index (χ3v) is 3.67. The Balaban J connectivity index is 2.93. The van der Waals surface area contributed by atoms with Crippen molar-refractivity contribution >= 4 is 12.0 Å². The summed E-state index contributed by atoms with van der Waals surface area (Å²) in [6.07, 6.45) is 3.01. The van der Waals surface area contributed by atoms with Gasteiger partial charge in [-0.2, -0.15) is 0 Å². The summed E-state index contributed by atoms with van der Waals surface area (Å²) in [4.78, 5) is 11.0. The van der Waals surface area contributed by atoms with Crippen molar-refractivity contribution in [2.24, 2.45) is 5.41 Å². The molecule has 0 spiro atoms. The van der Waals surface area contributed by atoms with Crippen LogP contribution in [0.2, 0.25) is 0 Å². The third kappa shape index (κ3) is 5.55. The summed E-state index contributed by atoms with van der Waals surface area (Å²) in [5.41, 5.74) is 4.71. The van der Waals surface area contributed by atoms with Crippen molar-refractivity contribution in [1.29, 1.82) is 0 Å². The van der Waals surface area contributed by atoms with Crippen LogP contribution in [-0.2, 0) is 9.53 Å². The third-order valence-electron chi connectivity index (χ3n) is 3.67. The molecule has 1 aromatic carbocycles. The summed E-state index contributed by atoms with van der Waals surface area (Å²) >= 11 is 0. The number of carbonyl (C=O) groups excluding carboxylic acids is 1. The van der Waals surface area contributed by atoms with Crippen molar-refractivity contribution in [2.75, 3.05) is 13.7 Å². The minimum atomic E-state index is -0.231. The van der Waals surface area contributed by atoms with Crippen molar-refractivity contribution in [3.05, 3.63) is 34.4 Å². The van der Waals surface area contributed by atoms with Crippen LogP contribution in [0.5, 0.6) is 5.75 Å². The maximum Gasteiger partial charge on any atom is 0.302 e. The lowest BCUT2D eigenvalue weighted by molar-refractivity contribution is -0.143. The van der Waals surface area contributed by atoms with Gasteiger partial charge in [0.1, 0.15) is 5.75 Å². The predicted octanol–water partition coefficient (Wildman–Crippen LogP) is 4.69. The first-order valence-electron chi connectivity index (χ1n) is 7.60. The molecule has 0 radical (unpaired) electrons. The number of methoxy groups -OCH3 is 1. The summed E-state index contributed by atoms with van der Waals surface area (Å²) in [5, 5.41) is 0. The number of aryl methyl sites for hydroxylation is 2. The van der Waals surface area contributed by atoms with Crippen molar-refractivity contribution in [1.82, 2.24) is 0 Å². The molecule has 0 amide bonds. The average Bonchev–Trinajstić information content (AvgIpc) is 2.40. The van der Waals surface area contributed by atoms with E-state index in [0.717, 1.165) is 17.7 Å². The molecule has 0 aromatic heterocycles. The van der Waals surface area contributed by atoms with Crippen LogP contribution in [0.1, 0.15) is 50.8 Å². The van der Waals surface area contributed by atoms with Gasteiger partial charge in [-0.05, 0) is 50.5 Å². The molecule has 0 saturated heterocycles. The van der Waals surface area contributed by atoms with Gasteiger partial charge >= 0.3 is 5.97 Å². The Morgan fingerprint density at radius 1 is 1.18 bits per heavy atom. The van der Waals surface area contributed by atoms with Gasteiger partial charge in [0.2, 0.25) is 0 Å². The fourth-order valence-electron chi connectivity index (χ4n) is 2.52. The number of hydrogen-bond donors (Lipinski definition) is 0. The van der Waals surface area contributed by atoms with Gasteiger partial charge in [-0.3, -0.25) is 4.79 Å². The van der Waals surface area contributed by atoms with E-state index < -0.39 is 0 Å². The second-order valence-electron chi connectivity index (χ2n) is 6.79. The molecule has 3 nitrogen and oxygen atoms in total. The lowest BCUT2D eigenvalue weighted by atomic mass is 9.86. The van der Waals surface area contributed by atoms with E-state index in [1.54, 1.807) is 7.11 Å². The number of ether oxygens (including phenoxy) is 2. The molecule has 1 aromatic rings. The molecule has 0 aliphatic rings. The van der Waals surface area contributed by atoms with E-state index in [9.17, 15) is 4.79 Å². The van der Waals surface area contributed by atoms with Crippen LogP contribution in [0.15, 0.2) is 17.7 Å². The first-order chi connectivity index (χ1) is 10.1. The molecule has 22 heavy (non-hydrogen) atoms. The Bertz CT molecular complexity index is 568. The van der Waals surface area contributed by atoms with E-state index in [2.05, 4.69) is 52.8 Å². The first-order valence-corrected chi connectivity index (χ1v) is 7.60. The topological polar surface area (TPSA) is 35.5 Å². The molecule has 0 bridgehead atoms. The lowest BCUT2D eigenvalue weighted by Crippen LogP contribution is -2.21. The van der Waals surface area contributed by atoms with Crippen molar-refractivity contribution in [3.63, 3.8) is 0 Å². The number of carbonyl (C=O) groups is 1. The minimum Gasteiger partial charge on any atom is -0.496 e. The van der Waals surface area contributed by atoms with Crippen LogP contribution in [0, 0.1) is 19.3 Å². The zero-order chi connectivity index (χ0) is 16.9. The summed E-state index contributed by atoms with van der Waals surface area (Å²) in [5.74, 6) is 0.658. The maximum atomic E-state index is 11.0. The smallest absolute Gasteiger partial charge is 0.302 e. The molecule has 1 rings (SSSR count). The Morgan fingerprint density at radius 2 is 1.77 bits per heavy atom. The number of rotatable bonds is 6. The van der Waals surface area contributed by atoms with Gasteiger partial charge in [-0.15, -0.1) is 0 Å². The fraction of sp³-hybridized carbons (Fsp3) is 0.526. The highest BCUT2D eigenvalue weighted by Crippen LogP contribution is 2.30. The molecule has 0 heterocycles. The van der Waals surface area contributed by atoms with E-state index in [-0.39, 0.29) is 11.4 Å². The molecule has 0 aliphatic carbocycles. The monoisotopic (exact) mass is 304 g/mol. The molecule has 0 aliphatic heterocycles. The van der Waals surface area contributed by atoms with Crippen LogP contribution >= 0.6 is 0 Å². The van der Waals surface area contributed by atoms with Crippen molar-refractivity contribution in [2.45, 2.75) is 48.0 Å². The van der Waals surface area contributed by atoms with Crippen LogP contribution in [0.4, 0.5) is 0 Å². The molecule has 0 unspecified atom stereocenters. The van der Waals surface area contributed by atoms with Gasteiger partial charge in [0.15, 0.2) is 0 Å². The Hall–Kier alpha value is -1.77. The Kier molecular flexibility index (Phi) is 6.21. The molecule has 122 valence electrons. The van der Waals surface area contributed by atoms with Gasteiger partial charge in [0, 0.05) is 17.9 Å². The quantitative estimate of drug-likeness (QED) is 0.715. The molecule has 0 fully saturated rings. The van der Waals surface area contributed by atoms with Gasteiger partial charge in [-0.1, -0.05) is 25.5 Å². The lowest BCUT2D eigenvalue weighted by Gasteiger charge is -2.24. The highest BCUT2D eigenvalue weighted by atomic mass is 16.5. The van der Waals surface area contributed by atoms with Crippen LogP contribution < -0.4 is 4.74 Å². The van der Waals surface area contributed by atoms with Crippen molar-refractivity contribution in [3.8, 4) is 5.75 Å². The van der Waals surface area contributed by atoms with Gasteiger partial charge in [0.05, 0.1) is 13.7 Å². The predicted molar refractivity (Wildman–Crippen MR) is 91.2 cm³/mol. The SMILES string of the molecule is COc1cc(C)c(C)cc1C=C(C)CC(C)(C)COC(C)=O. The highest BCUT2D eigenvalue weighted by Gasteiger charge is 2.20. The van der Waals surface area contributed by atoms with E-state index in [0.29, 0.717) is 6.61 Å². The highest BCUT2D eigenvalue weighted by molar-refractivity contribution is 5.66. The molecular weight excluding hydrogens is 276 g/mol. The number of allylic oxidation sites excluding steroid dienone is 1. The zero-order valence-corrected chi connectivity index (χ0v) is 14.9. The summed E-state index contributed by atoms with van der Waals surface area (Å²) in [6.45, 7) is 12.4. The molecule has 0 N–H and O–H groups in total. The van der Waals surface area contributed by atoms with E-state index in [1.165, 1.54) is 23.6 Å². The van der Waals surface area contributed by atoms with Gasteiger partial charge in [-0.25, -0.2) is 0 Å². The van der Waals surface area contributed by atoms with Gasteiger partial charge < -0.3 is 9.47 Å². The minimum absolute atomic E-state index is 0.0841. The molecule has 0 saturated carbocycles. The number of esters is 1. The Morgan fingerprint density at radius 3 is 2.32 bits per heavy atom. The summed E-state index contributed by atoms with van der Waals surface area (Å²) < 4.78 is 10.6. The largest absolute Gasteiger partial charge is 0.496 e. The second kappa shape index (κ2) is 7.48. The zero-order valence-electron chi connectivity index (χ0n) is 14.9. The first kappa shape index (κ1) is 18.3. The Labute approximate surface area is 134 Å². The normalized spacial score (nSPS) is 12.2. The number of hydrogen-bond acceptors (Lipinski definition) is 3. The summed E-state index contributed by atoms with van der Waals surface area (Å²) in [7, 11) is 1.70. The molecular formula is C19H28O3. The van der Waals surface area contributed by atoms with Crippen LogP contribution in [0.3, 0.4) is 0 Å². The van der Waals surface area contributed by atoms with E-state index in [1.807, 2.05) is 0 Å². The molecule has 3 heteroatoms. The number of benzene rings is 1. The second-order valence-corrected chi connectivity index (χ2v) is 6.79. The van der Waals surface area contributed by atoms with Crippen LogP contribution in [0.25, 0.3) is 6.08 Å². The standard InChI is InChI=1S/C19H28O3/c1-13(11-19(5,6)12-22-16(4)20)8-17-9-14(2)15(3)10-18(17)21-7/h8-10H,11-12H2,1-7H3.